The molecule has 1 unspecified atom stereocenters. The molecule has 0 aromatic carbocycles. The van der Waals surface area contributed by atoms with Gasteiger partial charge in [-0.05, 0) is 20.3 Å². The number of nitrogens with zero attached hydrogens (tertiary/aromatic N) is 2. The molecule has 0 saturated carbocycles. The second-order valence-electron chi connectivity index (χ2n) is 3.09. The molecule has 3 nitrogen and oxygen atoms in total. The number of halogens is 1. The van der Waals surface area contributed by atoms with Crippen molar-refractivity contribution in [3.63, 3.8) is 0 Å². The van der Waals surface area contributed by atoms with Gasteiger partial charge in [0.1, 0.15) is 11.0 Å². The summed E-state index contributed by atoms with van der Waals surface area (Å²) in [5, 5.41) is 0.266. The van der Waals surface area contributed by atoms with Crippen molar-refractivity contribution in [2.75, 3.05) is 0 Å². The summed E-state index contributed by atoms with van der Waals surface area (Å²) in [7, 11) is 0. The predicted molar refractivity (Wildman–Crippen MR) is 53.2 cm³/mol. The van der Waals surface area contributed by atoms with Crippen LogP contribution in [0, 0.1) is 6.92 Å². The van der Waals surface area contributed by atoms with Crippen LogP contribution >= 0.6 is 11.6 Å². The molecule has 1 atom stereocenters. The number of rotatable bonds is 2. The van der Waals surface area contributed by atoms with Gasteiger partial charge in [0.05, 0.1) is 0 Å². The highest BCUT2D eigenvalue weighted by Gasteiger charge is 2.08. The van der Waals surface area contributed by atoms with Crippen LogP contribution in [0.15, 0.2) is 10.9 Å². The highest BCUT2D eigenvalue weighted by Crippen LogP contribution is 2.10. The van der Waals surface area contributed by atoms with E-state index in [2.05, 4.69) is 4.98 Å². The molecule has 0 aliphatic rings. The molecule has 1 heterocycles. The molecule has 0 radical (unpaired) electrons. The van der Waals surface area contributed by atoms with Crippen molar-refractivity contribution >= 4 is 11.6 Å². The topological polar surface area (TPSA) is 34.9 Å². The lowest BCUT2D eigenvalue weighted by Crippen LogP contribution is -2.25. The molecule has 4 heteroatoms. The third-order valence-electron chi connectivity index (χ3n) is 2.13. The average Bonchev–Trinajstić information content (AvgIpc) is 2.02. The fourth-order valence-corrected chi connectivity index (χ4v) is 1.51. The fraction of sp³-hybridized carbons (Fsp3) is 0.556. The van der Waals surface area contributed by atoms with Gasteiger partial charge in [0.25, 0.3) is 5.56 Å². The van der Waals surface area contributed by atoms with Crippen LogP contribution in [0.5, 0.6) is 0 Å². The molecule has 0 bridgehead atoms. The van der Waals surface area contributed by atoms with E-state index < -0.39 is 0 Å². The monoisotopic (exact) mass is 200 g/mol. The molecular formula is C9H13ClN2O. The average molecular weight is 201 g/mol. The first kappa shape index (κ1) is 10.3. The van der Waals surface area contributed by atoms with Crippen LogP contribution in [0.2, 0.25) is 5.15 Å². The van der Waals surface area contributed by atoms with E-state index in [1.807, 2.05) is 13.8 Å². The number of aryl methyl sites for hydroxylation is 1. The molecule has 13 heavy (non-hydrogen) atoms. The summed E-state index contributed by atoms with van der Waals surface area (Å²) in [6.07, 6.45) is 0.907. The van der Waals surface area contributed by atoms with Crippen molar-refractivity contribution in [3.8, 4) is 0 Å². The van der Waals surface area contributed by atoms with Crippen LogP contribution in [-0.4, -0.2) is 9.55 Å². The lowest BCUT2D eigenvalue weighted by atomic mass is 10.2. The van der Waals surface area contributed by atoms with Crippen molar-refractivity contribution in [1.82, 2.24) is 9.55 Å². The molecule has 1 aromatic rings. The maximum Gasteiger partial charge on any atom is 0.255 e. The Morgan fingerprint density at radius 2 is 2.31 bits per heavy atom. The van der Waals surface area contributed by atoms with Gasteiger partial charge < -0.3 is 0 Å². The fourth-order valence-electron chi connectivity index (χ4n) is 1.29. The zero-order valence-corrected chi connectivity index (χ0v) is 8.80. The van der Waals surface area contributed by atoms with Crippen LogP contribution < -0.4 is 5.56 Å². The number of hydrogen-bond donors (Lipinski definition) is 0. The molecule has 1 aromatic heterocycles. The summed E-state index contributed by atoms with van der Waals surface area (Å²) in [5.41, 5.74) is -0.0770. The predicted octanol–water partition coefficient (Wildman–Crippen LogP) is 2.18. The summed E-state index contributed by atoms with van der Waals surface area (Å²) in [6.45, 7) is 5.81. The van der Waals surface area contributed by atoms with Gasteiger partial charge in [-0.3, -0.25) is 9.36 Å². The largest absolute Gasteiger partial charge is 0.294 e. The maximum atomic E-state index is 11.5. The van der Waals surface area contributed by atoms with Crippen LogP contribution in [0.4, 0.5) is 0 Å². The van der Waals surface area contributed by atoms with Gasteiger partial charge in [0, 0.05) is 12.1 Å². The first-order chi connectivity index (χ1) is 6.06. The molecule has 0 saturated heterocycles. The van der Waals surface area contributed by atoms with Crippen molar-refractivity contribution in [2.45, 2.75) is 33.2 Å². The third kappa shape index (κ3) is 2.10. The zero-order valence-electron chi connectivity index (χ0n) is 8.04. The van der Waals surface area contributed by atoms with E-state index in [-0.39, 0.29) is 16.8 Å². The molecule has 0 aliphatic heterocycles. The minimum atomic E-state index is -0.0770. The highest BCUT2D eigenvalue weighted by molar-refractivity contribution is 6.29. The molecule has 0 spiro atoms. The molecule has 0 fully saturated rings. The number of aromatic nitrogens is 2. The smallest absolute Gasteiger partial charge is 0.255 e. The Morgan fingerprint density at radius 1 is 1.69 bits per heavy atom. The van der Waals surface area contributed by atoms with Gasteiger partial charge in [-0.25, -0.2) is 4.98 Å². The Morgan fingerprint density at radius 3 is 2.77 bits per heavy atom. The first-order valence-corrected chi connectivity index (χ1v) is 4.69. The summed E-state index contributed by atoms with van der Waals surface area (Å²) < 4.78 is 1.66. The van der Waals surface area contributed by atoms with Crippen molar-refractivity contribution in [2.24, 2.45) is 0 Å². The lowest BCUT2D eigenvalue weighted by molar-refractivity contribution is 0.492. The van der Waals surface area contributed by atoms with Crippen LogP contribution in [0.3, 0.4) is 0 Å². The maximum absolute atomic E-state index is 11.5. The van der Waals surface area contributed by atoms with E-state index in [1.54, 1.807) is 11.5 Å². The van der Waals surface area contributed by atoms with Gasteiger partial charge in [-0.1, -0.05) is 18.5 Å². The summed E-state index contributed by atoms with van der Waals surface area (Å²) in [4.78, 5) is 15.5. The number of hydrogen-bond acceptors (Lipinski definition) is 2. The van der Waals surface area contributed by atoms with Gasteiger partial charge in [-0.15, -0.1) is 0 Å². The van der Waals surface area contributed by atoms with E-state index in [0.717, 1.165) is 6.42 Å². The molecule has 0 N–H and O–H groups in total. The van der Waals surface area contributed by atoms with E-state index in [9.17, 15) is 4.79 Å². The van der Waals surface area contributed by atoms with Gasteiger partial charge >= 0.3 is 0 Å². The van der Waals surface area contributed by atoms with E-state index in [0.29, 0.717) is 5.82 Å². The Balaban J connectivity index is 3.29. The molecular weight excluding hydrogens is 188 g/mol. The Hall–Kier alpha value is -0.830. The quantitative estimate of drug-likeness (QED) is 0.686. The second-order valence-corrected chi connectivity index (χ2v) is 3.48. The Bertz CT molecular complexity index is 359. The normalized spacial score (nSPS) is 12.9. The molecule has 0 aliphatic carbocycles. The first-order valence-electron chi connectivity index (χ1n) is 4.32. The molecule has 72 valence electrons. The van der Waals surface area contributed by atoms with Gasteiger partial charge in [-0.2, -0.15) is 0 Å². The Labute approximate surface area is 82.4 Å². The second kappa shape index (κ2) is 3.92. The summed E-state index contributed by atoms with van der Waals surface area (Å²) in [6, 6.07) is 1.53. The SMILES string of the molecule is CCC(C)n1c(C)nc(Cl)cc1=O. The minimum absolute atomic E-state index is 0.0770. The van der Waals surface area contributed by atoms with Crippen molar-refractivity contribution < 1.29 is 0 Å². The standard InChI is InChI=1S/C9H13ClN2O/c1-4-6(2)12-7(3)11-8(10)5-9(12)13/h5-6H,4H2,1-3H3. The van der Waals surface area contributed by atoms with Crippen LogP contribution in [0.25, 0.3) is 0 Å². The van der Waals surface area contributed by atoms with E-state index in [4.69, 9.17) is 11.6 Å². The summed E-state index contributed by atoms with van der Waals surface area (Å²) >= 11 is 5.65. The van der Waals surface area contributed by atoms with Crippen LogP contribution in [0.1, 0.15) is 32.1 Å². The van der Waals surface area contributed by atoms with E-state index in [1.165, 1.54) is 6.07 Å². The van der Waals surface area contributed by atoms with Gasteiger partial charge in [0.2, 0.25) is 0 Å². The third-order valence-corrected chi connectivity index (χ3v) is 2.32. The van der Waals surface area contributed by atoms with Gasteiger partial charge in [0.15, 0.2) is 0 Å². The Kier molecular flexibility index (Phi) is 3.09. The van der Waals surface area contributed by atoms with Crippen molar-refractivity contribution in [3.05, 3.63) is 27.4 Å². The lowest BCUT2D eigenvalue weighted by Gasteiger charge is -2.14. The van der Waals surface area contributed by atoms with Crippen LogP contribution in [-0.2, 0) is 0 Å². The molecule has 1 rings (SSSR count). The zero-order chi connectivity index (χ0) is 10.0. The highest BCUT2D eigenvalue weighted by atomic mass is 35.5. The minimum Gasteiger partial charge on any atom is -0.294 e. The van der Waals surface area contributed by atoms with E-state index >= 15 is 0 Å². The van der Waals surface area contributed by atoms with Crippen molar-refractivity contribution in [1.29, 1.82) is 0 Å². The summed E-state index contributed by atoms with van der Waals surface area (Å²) in [5.74, 6) is 0.673. The molecule has 0 amide bonds.